The summed E-state index contributed by atoms with van der Waals surface area (Å²) < 4.78 is 10.9. The fourth-order valence-corrected chi connectivity index (χ4v) is 4.33. The Bertz CT molecular complexity index is 1070. The highest BCUT2D eigenvalue weighted by Crippen LogP contribution is 2.40. The van der Waals surface area contributed by atoms with Crippen LogP contribution in [0.3, 0.4) is 0 Å². The largest absolute Gasteiger partial charge is 0.507 e. The summed E-state index contributed by atoms with van der Waals surface area (Å²) in [6, 6.07) is 12.3. The third kappa shape index (κ3) is 3.84. The zero-order valence-corrected chi connectivity index (χ0v) is 18.8. The molecule has 2 heterocycles. The standard InChI is InChI=1S/C25H28N2O5/c1-15-13-18-14-17(7-10-20(18)32-15)23(28)21-22(16-5-8-19(9-6-16)26(2)3)27(11-12-31-4)25(30)24(21)29/h5-10,14-15,22,28H,11-13H2,1-4H3/b23-21+/t15-,22-/m0/s1. The van der Waals surface area contributed by atoms with Crippen LogP contribution in [0.2, 0.25) is 0 Å². The second-order valence-corrected chi connectivity index (χ2v) is 8.43. The molecule has 7 heteroatoms. The summed E-state index contributed by atoms with van der Waals surface area (Å²) in [5.41, 5.74) is 3.32. The number of rotatable bonds is 6. The monoisotopic (exact) mass is 436 g/mol. The Morgan fingerprint density at radius 2 is 1.91 bits per heavy atom. The van der Waals surface area contributed by atoms with Crippen molar-refractivity contribution in [3.05, 3.63) is 64.7 Å². The molecule has 1 fully saturated rings. The van der Waals surface area contributed by atoms with Gasteiger partial charge < -0.3 is 24.4 Å². The Balaban J connectivity index is 1.81. The molecule has 0 radical (unpaired) electrons. The van der Waals surface area contributed by atoms with Crippen molar-refractivity contribution in [2.75, 3.05) is 39.3 Å². The van der Waals surface area contributed by atoms with Crippen LogP contribution in [0.1, 0.15) is 29.7 Å². The van der Waals surface area contributed by atoms with Gasteiger partial charge in [-0.1, -0.05) is 12.1 Å². The maximum absolute atomic E-state index is 13.1. The number of ketones is 1. The van der Waals surface area contributed by atoms with Crippen LogP contribution in [0.4, 0.5) is 5.69 Å². The molecule has 0 spiro atoms. The highest BCUT2D eigenvalue weighted by Gasteiger charge is 2.46. The molecule has 0 aliphatic carbocycles. The Morgan fingerprint density at radius 3 is 2.56 bits per heavy atom. The molecule has 32 heavy (non-hydrogen) atoms. The highest BCUT2D eigenvalue weighted by molar-refractivity contribution is 6.46. The SMILES string of the molecule is COCCN1C(=O)C(=O)/C(=C(/O)c2ccc3c(c2)C[C@H](C)O3)[C@@H]1c1ccc(N(C)C)cc1. The van der Waals surface area contributed by atoms with Crippen LogP contribution in [-0.2, 0) is 20.7 Å². The lowest BCUT2D eigenvalue weighted by molar-refractivity contribution is -0.140. The van der Waals surface area contributed by atoms with Gasteiger partial charge in [-0.2, -0.15) is 0 Å². The predicted molar refractivity (Wildman–Crippen MR) is 122 cm³/mol. The van der Waals surface area contributed by atoms with Crippen LogP contribution in [0.5, 0.6) is 5.75 Å². The predicted octanol–water partition coefficient (Wildman–Crippen LogP) is 3.14. The number of Topliss-reactive ketones (excluding diaryl/α,β-unsaturated/α-hetero) is 1. The number of carbonyl (C=O) groups is 2. The van der Waals surface area contributed by atoms with E-state index in [1.807, 2.05) is 56.3 Å². The van der Waals surface area contributed by atoms with Crippen molar-refractivity contribution < 1.29 is 24.2 Å². The van der Waals surface area contributed by atoms with E-state index in [-0.39, 0.29) is 30.6 Å². The number of hydrogen-bond donors (Lipinski definition) is 1. The Labute approximate surface area is 187 Å². The molecule has 168 valence electrons. The van der Waals surface area contributed by atoms with Crippen molar-refractivity contribution in [2.45, 2.75) is 25.5 Å². The summed E-state index contributed by atoms with van der Waals surface area (Å²) >= 11 is 0. The van der Waals surface area contributed by atoms with E-state index in [1.165, 1.54) is 4.90 Å². The lowest BCUT2D eigenvalue weighted by Crippen LogP contribution is -2.32. The van der Waals surface area contributed by atoms with E-state index in [0.717, 1.165) is 29.0 Å². The van der Waals surface area contributed by atoms with Gasteiger partial charge in [0.2, 0.25) is 0 Å². The number of benzene rings is 2. The van der Waals surface area contributed by atoms with Crippen LogP contribution < -0.4 is 9.64 Å². The first-order valence-corrected chi connectivity index (χ1v) is 10.7. The minimum absolute atomic E-state index is 0.0669. The normalized spacial score (nSPS) is 21.6. The van der Waals surface area contributed by atoms with Crippen molar-refractivity contribution >= 4 is 23.1 Å². The number of ether oxygens (including phenoxy) is 2. The van der Waals surface area contributed by atoms with Crippen molar-refractivity contribution in [3.8, 4) is 5.75 Å². The summed E-state index contributed by atoms with van der Waals surface area (Å²) in [5, 5.41) is 11.2. The number of nitrogens with zero attached hydrogens (tertiary/aromatic N) is 2. The number of carbonyl (C=O) groups excluding carboxylic acids is 2. The molecule has 2 aliphatic rings. The smallest absolute Gasteiger partial charge is 0.295 e. The quantitative estimate of drug-likeness (QED) is 0.426. The van der Waals surface area contributed by atoms with E-state index in [0.29, 0.717) is 5.56 Å². The van der Waals surface area contributed by atoms with Gasteiger partial charge in [0.15, 0.2) is 0 Å². The van der Waals surface area contributed by atoms with Gasteiger partial charge in [0.05, 0.1) is 18.2 Å². The number of methoxy groups -OCH3 is 1. The highest BCUT2D eigenvalue weighted by atomic mass is 16.5. The average Bonchev–Trinajstić information content (AvgIpc) is 3.27. The number of anilines is 1. The van der Waals surface area contributed by atoms with Gasteiger partial charge in [-0.25, -0.2) is 0 Å². The lowest BCUT2D eigenvalue weighted by Gasteiger charge is -2.25. The first-order chi connectivity index (χ1) is 15.3. The van der Waals surface area contributed by atoms with Gasteiger partial charge >= 0.3 is 0 Å². The summed E-state index contributed by atoms with van der Waals surface area (Å²) in [6.45, 7) is 2.51. The topological polar surface area (TPSA) is 79.3 Å². The van der Waals surface area contributed by atoms with Crippen LogP contribution in [0.25, 0.3) is 5.76 Å². The fourth-order valence-electron chi connectivity index (χ4n) is 4.33. The maximum atomic E-state index is 13.1. The molecule has 4 rings (SSSR count). The number of hydrogen-bond acceptors (Lipinski definition) is 6. The van der Waals surface area contributed by atoms with E-state index in [4.69, 9.17) is 9.47 Å². The van der Waals surface area contributed by atoms with Crippen LogP contribution in [0, 0.1) is 0 Å². The number of likely N-dealkylation sites (tertiary alicyclic amines) is 1. The molecule has 0 saturated carbocycles. The number of amides is 1. The first-order valence-electron chi connectivity index (χ1n) is 10.7. The third-order valence-corrected chi connectivity index (χ3v) is 5.97. The molecule has 7 nitrogen and oxygen atoms in total. The van der Waals surface area contributed by atoms with E-state index in [1.54, 1.807) is 19.2 Å². The van der Waals surface area contributed by atoms with E-state index >= 15 is 0 Å². The molecule has 2 aromatic rings. The molecule has 2 aliphatic heterocycles. The summed E-state index contributed by atoms with van der Waals surface area (Å²) in [7, 11) is 5.43. The van der Waals surface area contributed by atoms with Crippen LogP contribution >= 0.6 is 0 Å². The van der Waals surface area contributed by atoms with Crippen molar-refractivity contribution in [1.82, 2.24) is 4.90 Å². The fraction of sp³-hybridized carbons (Fsp3) is 0.360. The molecule has 0 bridgehead atoms. The first kappa shape index (κ1) is 21.9. The molecule has 0 unspecified atom stereocenters. The van der Waals surface area contributed by atoms with Crippen molar-refractivity contribution in [2.24, 2.45) is 0 Å². The molecular weight excluding hydrogens is 408 g/mol. The van der Waals surface area contributed by atoms with E-state index in [9.17, 15) is 14.7 Å². The number of aliphatic hydroxyl groups is 1. The van der Waals surface area contributed by atoms with E-state index < -0.39 is 17.7 Å². The second-order valence-electron chi connectivity index (χ2n) is 8.43. The van der Waals surface area contributed by atoms with Gasteiger partial charge in [0.25, 0.3) is 11.7 Å². The number of aliphatic hydroxyl groups excluding tert-OH is 1. The van der Waals surface area contributed by atoms with E-state index in [2.05, 4.69) is 0 Å². The van der Waals surface area contributed by atoms with Gasteiger partial charge in [0, 0.05) is 45.4 Å². The van der Waals surface area contributed by atoms with Gasteiger partial charge in [0.1, 0.15) is 17.6 Å². The summed E-state index contributed by atoms with van der Waals surface area (Å²) in [5.74, 6) is -0.716. The Hall–Kier alpha value is -3.32. The van der Waals surface area contributed by atoms with Crippen molar-refractivity contribution in [1.29, 1.82) is 0 Å². The minimum atomic E-state index is -0.690. The second kappa shape index (κ2) is 8.67. The van der Waals surface area contributed by atoms with Gasteiger partial charge in [-0.3, -0.25) is 9.59 Å². The molecule has 1 N–H and O–H groups in total. The minimum Gasteiger partial charge on any atom is -0.507 e. The summed E-state index contributed by atoms with van der Waals surface area (Å²) in [4.78, 5) is 29.4. The van der Waals surface area contributed by atoms with Crippen LogP contribution in [0.15, 0.2) is 48.0 Å². The Kier molecular flexibility index (Phi) is 5.93. The average molecular weight is 437 g/mol. The molecule has 1 saturated heterocycles. The van der Waals surface area contributed by atoms with Gasteiger partial charge in [-0.15, -0.1) is 0 Å². The molecule has 1 amide bonds. The molecule has 2 atom stereocenters. The molecule has 0 aromatic heterocycles. The Morgan fingerprint density at radius 1 is 1.19 bits per heavy atom. The molecule has 2 aromatic carbocycles. The van der Waals surface area contributed by atoms with Crippen LogP contribution in [-0.4, -0.2) is 62.2 Å². The zero-order chi connectivity index (χ0) is 23.0. The number of fused-ring (bicyclic) bond motifs is 1. The van der Waals surface area contributed by atoms with Crippen molar-refractivity contribution in [3.63, 3.8) is 0 Å². The van der Waals surface area contributed by atoms with Gasteiger partial charge in [-0.05, 0) is 48.4 Å². The summed E-state index contributed by atoms with van der Waals surface area (Å²) in [6.07, 6.45) is 0.797. The molecular formula is C25H28N2O5. The zero-order valence-electron chi connectivity index (χ0n) is 18.8. The third-order valence-electron chi connectivity index (χ3n) is 5.97. The maximum Gasteiger partial charge on any atom is 0.295 e. The lowest BCUT2D eigenvalue weighted by atomic mass is 9.94.